The molecule has 1 aromatic carbocycles. The lowest BCUT2D eigenvalue weighted by molar-refractivity contribution is -0.113. The molecule has 0 bridgehead atoms. The Hall–Kier alpha value is 0.600. The smallest absolute Gasteiger partial charge is 0.299 e. The monoisotopic (exact) mass is 466 g/mol. The number of rotatable bonds is 4. The zero-order valence-electron chi connectivity index (χ0n) is 11.0. The molecule has 4 nitrogen and oxygen atoms in total. The molecule has 0 heterocycles. The summed E-state index contributed by atoms with van der Waals surface area (Å²) in [5.74, 6) is 0. The van der Waals surface area contributed by atoms with Crippen molar-refractivity contribution in [2.75, 3.05) is 0 Å². The van der Waals surface area contributed by atoms with Gasteiger partial charge in [0.1, 0.15) is 13.1 Å². The van der Waals surface area contributed by atoms with Gasteiger partial charge in [0.25, 0.3) is 10.3 Å². The van der Waals surface area contributed by atoms with Crippen LogP contribution in [0.25, 0.3) is 0 Å². The summed E-state index contributed by atoms with van der Waals surface area (Å²) in [5, 5.41) is 17.5. The molecule has 0 aromatic heterocycles. The first-order valence-corrected chi connectivity index (χ1v) is 5.65. The van der Waals surface area contributed by atoms with Gasteiger partial charge in [0, 0.05) is 0 Å². The summed E-state index contributed by atoms with van der Waals surface area (Å²) >= 11 is 7.93. The normalized spacial score (nSPS) is 7.00. The molecular formula is C10H16Cl6N4S2-4. The SMILES string of the molecule is [Cl-].[Cl-].[Cl-].[Cl-].[Cl-].[Cl-].[NH2+]=C(S)NCc1cccc(CNC(=[NH2+])S)c1. The van der Waals surface area contributed by atoms with Gasteiger partial charge in [0.15, 0.2) is 0 Å². The molecule has 0 unspecified atom stereocenters. The molecule has 0 aliphatic rings. The van der Waals surface area contributed by atoms with E-state index in [2.05, 4.69) is 42.0 Å². The predicted octanol–water partition coefficient (Wildman–Crippen LogP) is -20.0. The van der Waals surface area contributed by atoms with Gasteiger partial charge in [0.05, 0.1) is 0 Å². The van der Waals surface area contributed by atoms with Crippen molar-refractivity contribution in [2.45, 2.75) is 13.1 Å². The van der Waals surface area contributed by atoms with Crippen LogP contribution >= 0.6 is 25.3 Å². The van der Waals surface area contributed by atoms with Crippen molar-refractivity contribution in [3.05, 3.63) is 35.4 Å². The van der Waals surface area contributed by atoms with Crippen LogP contribution in [-0.2, 0) is 13.1 Å². The summed E-state index contributed by atoms with van der Waals surface area (Å²) < 4.78 is 0. The molecule has 0 radical (unpaired) electrons. The number of halogens is 6. The average molecular weight is 469 g/mol. The highest BCUT2D eigenvalue weighted by Gasteiger charge is 2.02. The maximum Gasteiger partial charge on any atom is 0.299 e. The van der Waals surface area contributed by atoms with E-state index in [9.17, 15) is 0 Å². The molecule has 22 heavy (non-hydrogen) atoms. The van der Waals surface area contributed by atoms with Crippen LogP contribution in [-0.4, -0.2) is 10.3 Å². The van der Waals surface area contributed by atoms with E-state index in [-0.39, 0.29) is 74.4 Å². The van der Waals surface area contributed by atoms with E-state index < -0.39 is 0 Å². The Labute approximate surface area is 179 Å². The number of hydrogen-bond acceptors (Lipinski definition) is 0. The number of benzene rings is 1. The highest BCUT2D eigenvalue weighted by molar-refractivity contribution is 7.96. The maximum absolute atomic E-state index is 5.40. The molecule has 0 fully saturated rings. The second-order valence-corrected chi connectivity index (χ2v) is 4.26. The first-order chi connectivity index (χ1) is 7.58. The summed E-state index contributed by atoms with van der Waals surface area (Å²) in [6.07, 6.45) is 0. The van der Waals surface area contributed by atoms with Gasteiger partial charge in [-0.15, -0.1) is 0 Å². The Morgan fingerprint density at radius 3 is 1.36 bits per heavy atom. The summed E-state index contributed by atoms with van der Waals surface area (Å²) in [6, 6.07) is 8.08. The third-order valence-corrected chi connectivity index (χ3v) is 2.25. The van der Waals surface area contributed by atoms with E-state index in [1.54, 1.807) is 0 Å². The minimum absolute atomic E-state index is 0. The molecule has 6 N–H and O–H groups in total. The van der Waals surface area contributed by atoms with Gasteiger partial charge in [-0.25, -0.2) is 0 Å². The molecule has 0 spiro atoms. The third kappa shape index (κ3) is 18.6. The van der Waals surface area contributed by atoms with Crippen molar-refractivity contribution in [3.63, 3.8) is 0 Å². The van der Waals surface area contributed by atoms with Gasteiger partial charge in [-0.3, -0.25) is 21.5 Å². The molecule has 1 aromatic rings. The van der Waals surface area contributed by atoms with Gasteiger partial charge in [-0.2, -0.15) is 0 Å². The number of nitrogens with one attached hydrogen (secondary N) is 2. The Morgan fingerprint density at radius 2 is 1.09 bits per heavy atom. The van der Waals surface area contributed by atoms with Crippen LogP contribution in [0.5, 0.6) is 0 Å². The molecule has 1 rings (SSSR count). The highest BCUT2D eigenvalue weighted by atomic mass is 35.5. The molecule has 0 amide bonds. The Bertz CT molecular complexity index is 378. The number of nitrogens with two attached hydrogens (primary N) is 2. The van der Waals surface area contributed by atoms with Gasteiger partial charge in [-0.1, -0.05) is 43.5 Å². The van der Waals surface area contributed by atoms with E-state index in [1.165, 1.54) is 0 Å². The molecule has 0 saturated carbocycles. The van der Waals surface area contributed by atoms with Gasteiger partial charge >= 0.3 is 0 Å². The Balaban J connectivity index is -0.000000107. The first kappa shape index (κ1) is 38.3. The molecule has 0 saturated heterocycles. The largest absolute Gasteiger partial charge is 1.00 e. The number of amidine groups is 2. The van der Waals surface area contributed by atoms with Gasteiger partial charge < -0.3 is 74.4 Å². The maximum atomic E-state index is 5.40. The quantitative estimate of drug-likeness (QED) is 0.151. The minimum Gasteiger partial charge on any atom is -1.00 e. The summed E-state index contributed by atoms with van der Waals surface area (Å²) in [7, 11) is 0. The number of thiol groups is 2. The van der Waals surface area contributed by atoms with Crippen LogP contribution in [0.4, 0.5) is 0 Å². The lowest BCUT2D eigenvalue weighted by Gasteiger charge is -2.02. The van der Waals surface area contributed by atoms with E-state index in [4.69, 9.17) is 10.8 Å². The van der Waals surface area contributed by atoms with E-state index >= 15 is 0 Å². The van der Waals surface area contributed by atoms with Crippen LogP contribution in [0.15, 0.2) is 24.3 Å². The lowest BCUT2D eigenvalue weighted by atomic mass is 10.1. The lowest BCUT2D eigenvalue weighted by Crippen LogP contribution is -3.00. The first-order valence-electron chi connectivity index (χ1n) is 4.76. The topological polar surface area (TPSA) is 75.2 Å². The second kappa shape index (κ2) is 21.6. The molecular weight excluding hydrogens is 453 g/mol. The van der Waals surface area contributed by atoms with Crippen LogP contribution < -0.4 is 95.9 Å². The van der Waals surface area contributed by atoms with E-state index in [0.717, 1.165) is 11.1 Å². The average Bonchev–Trinajstić information content (AvgIpc) is 2.24. The van der Waals surface area contributed by atoms with Crippen molar-refractivity contribution in [1.82, 2.24) is 10.6 Å². The predicted molar refractivity (Wildman–Crippen MR) is 72.0 cm³/mol. The van der Waals surface area contributed by atoms with Crippen LogP contribution in [0.2, 0.25) is 0 Å². The molecule has 0 aliphatic carbocycles. The zero-order valence-corrected chi connectivity index (χ0v) is 17.4. The van der Waals surface area contributed by atoms with Crippen molar-refractivity contribution in [2.24, 2.45) is 0 Å². The fraction of sp³-hybridized carbons (Fsp3) is 0.200. The van der Waals surface area contributed by atoms with Crippen molar-refractivity contribution in [1.29, 1.82) is 0 Å². The zero-order chi connectivity index (χ0) is 12.0. The Morgan fingerprint density at radius 1 is 0.773 bits per heavy atom. The second-order valence-electron chi connectivity index (χ2n) is 3.30. The van der Waals surface area contributed by atoms with Crippen molar-refractivity contribution in [3.8, 4) is 0 Å². The van der Waals surface area contributed by atoms with Gasteiger partial charge in [0.2, 0.25) is 0 Å². The van der Waals surface area contributed by atoms with Crippen molar-refractivity contribution >= 4 is 35.6 Å². The summed E-state index contributed by atoms with van der Waals surface area (Å²) in [6.45, 7) is 1.31. The summed E-state index contributed by atoms with van der Waals surface area (Å²) in [4.78, 5) is 0. The molecule has 134 valence electrons. The molecule has 0 atom stereocenters. The molecule has 0 aliphatic heterocycles. The fourth-order valence-electron chi connectivity index (χ4n) is 1.23. The van der Waals surface area contributed by atoms with Gasteiger partial charge in [-0.05, 0) is 17.2 Å². The summed E-state index contributed by atoms with van der Waals surface area (Å²) in [5.41, 5.74) is 2.27. The minimum atomic E-state index is 0. The van der Waals surface area contributed by atoms with E-state index in [1.807, 2.05) is 18.2 Å². The van der Waals surface area contributed by atoms with Crippen LogP contribution in [0.1, 0.15) is 11.1 Å². The standard InChI is InChI=1S/C10H14N4S2.6ClH/c11-9(15)13-5-7-2-1-3-8(4-7)6-14-10(12)16;;;;;;/h1-4H,5-6H2,(H3,11,13,15)(H3,12,14,16);6*1H/p-4. The number of hydrogen-bond donors (Lipinski definition) is 6. The van der Waals surface area contributed by atoms with Crippen LogP contribution in [0.3, 0.4) is 0 Å². The Kier molecular flexibility index (Phi) is 37.6. The van der Waals surface area contributed by atoms with Crippen molar-refractivity contribution < 1.29 is 85.3 Å². The third-order valence-electron chi connectivity index (χ3n) is 1.94. The van der Waals surface area contributed by atoms with Crippen LogP contribution in [0, 0.1) is 0 Å². The fourth-order valence-corrected chi connectivity index (χ4v) is 1.39. The molecule has 12 heteroatoms. The van der Waals surface area contributed by atoms with E-state index in [0.29, 0.717) is 23.4 Å². The highest BCUT2D eigenvalue weighted by Crippen LogP contribution is 2.05.